The monoisotopic (exact) mass is 472 g/mol. The molecule has 1 aliphatic heterocycles. The number of anilines is 5. The van der Waals surface area contributed by atoms with Crippen LogP contribution in [-0.4, -0.2) is 37.4 Å². The highest BCUT2D eigenvalue weighted by atomic mass is 32.2. The molecule has 10 nitrogen and oxygen atoms in total. The number of fused-ring (bicyclic) bond motifs is 1. The number of nitrogens with zero attached hydrogens (tertiary/aromatic N) is 3. The van der Waals surface area contributed by atoms with Crippen LogP contribution in [0.25, 0.3) is 0 Å². The summed E-state index contributed by atoms with van der Waals surface area (Å²) in [6.07, 6.45) is 0.982. The number of amides is 1. The van der Waals surface area contributed by atoms with Gasteiger partial charge in [0.25, 0.3) is 5.91 Å². The Bertz CT molecular complexity index is 1350. The number of nitrogens with one attached hydrogen (secondary N) is 2. The minimum atomic E-state index is -3.91. The van der Waals surface area contributed by atoms with Crippen molar-refractivity contribution in [3.63, 3.8) is 0 Å². The fourth-order valence-electron chi connectivity index (χ4n) is 3.39. The SMILES string of the molecule is CCN1C(=O)COc2ccc(Nc3nc(Nc4ccc(C)c(S(N)(=O)=O)c4)ncc3F)cc21. The number of sulfonamides is 1. The van der Waals surface area contributed by atoms with Gasteiger partial charge in [-0.3, -0.25) is 4.79 Å². The Morgan fingerprint density at radius 3 is 2.64 bits per heavy atom. The first-order chi connectivity index (χ1) is 15.7. The third kappa shape index (κ3) is 4.71. The number of likely N-dealkylation sites (N-methyl/N-ethyl adjacent to an activating group) is 1. The Kier molecular flexibility index (Phi) is 5.87. The maximum Gasteiger partial charge on any atom is 0.265 e. The van der Waals surface area contributed by atoms with E-state index in [1.54, 1.807) is 42.2 Å². The number of aryl methyl sites for hydroxylation is 1. The zero-order valence-electron chi connectivity index (χ0n) is 17.8. The summed E-state index contributed by atoms with van der Waals surface area (Å²) >= 11 is 0. The lowest BCUT2D eigenvalue weighted by Gasteiger charge is -2.28. The number of nitrogens with two attached hydrogens (primary N) is 1. The van der Waals surface area contributed by atoms with Crippen LogP contribution < -0.4 is 25.4 Å². The van der Waals surface area contributed by atoms with E-state index in [0.29, 0.717) is 34.9 Å². The summed E-state index contributed by atoms with van der Waals surface area (Å²) in [7, 11) is -3.91. The highest BCUT2D eigenvalue weighted by Gasteiger charge is 2.24. The molecule has 0 atom stereocenters. The van der Waals surface area contributed by atoms with Crippen LogP contribution in [-0.2, 0) is 14.8 Å². The summed E-state index contributed by atoms with van der Waals surface area (Å²) in [5.41, 5.74) is 1.91. The molecule has 2 heterocycles. The predicted octanol–water partition coefficient (Wildman–Crippen LogP) is 2.80. The van der Waals surface area contributed by atoms with Crippen LogP contribution in [0.1, 0.15) is 12.5 Å². The van der Waals surface area contributed by atoms with Crippen LogP contribution in [0.5, 0.6) is 5.75 Å². The van der Waals surface area contributed by atoms with Crippen molar-refractivity contribution in [2.24, 2.45) is 5.14 Å². The molecular formula is C21H21FN6O4S. The van der Waals surface area contributed by atoms with Crippen LogP contribution in [0.3, 0.4) is 0 Å². The van der Waals surface area contributed by atoms with Gasteiger partial charge in [-0.25, -0.2) is 22.9 Å². The first-order valence-corrected chi connectivity index (χ1v) is 11.5. The van der Waals surface area contributed by atoms with Crippen molar-refractivity contribution >= 4 is 44.8 Å². The average molecular weight is 473 g/mol. The van der Waals surface area contributed by atoms with Crippen molar-refractivity contribution in [1.82, 2.24) is 9.97 Å². The maximum absolute atomic E-state index is 14.4. The summed E-state index contributed by atoms with van der Waals surface area (Å²) in [5, 5.41) is 11.0. The van der Waals surface area contributed by atoms with Crippen molar-refractivity contribution in [1.29, 1.82) is 0 Å². The van der Waals surface area contributed by atoms with E-state index >= 15 is 0 Å². The van der Waals surface area contributed by atoms with E-state index in [1.165, 1.54) is 6.07 Å². The second kappa shape index (κ2) is 8.64. The highest BCUT2D eigenvalue weighted by Crippen LogP contribution is 2.35. The Morgan fingerprint density at radius 1 is 1.18 bits per heavy atom. The van der Waals surface area contributed by atoms with E-state index in [0.717, 1.165) is 6.20 Å². The highest BCUT2D eigenvalue weighted by molar-refractivity contribution is 7.89. The molecule has 1 amide bonds. The van der Waals surface area contributed by atoms with Gasteiger partial charge < -0.3 is 20.3 Å². The number of halogens is 1. The zero-order chi connectivity index (χ0) is 23.8. The molecule has 33 heavy (non-hydrogen) atoms. The lowest BCUT2D eigenvalue weighted by Crippen LogP contribution is -2.38. The van der Waals surface area contributed by atoms with Crippen LogP contribution in [0.15, 0.2) is 47.5 Å². The molecule has 0 saturated carbocycles. The van der Waals surface area contributed by atoms with E-state index in [-0.39, 0.29) is 29.2 Å². The third-order valence-electron chi connectivity index (χ3n) is 4.98. The Hall–Kier alpha value is -3.77. The van der Waals surface area contributed by atoms with Crippen LogP contribution in [0, 0.1) is 12.7 Å². The van der Waals surface area contributed by atoms with Crippen LogP contribution in [0.4, 0.5) is 33.2 Å². The van der Waals surface area contributed by atoms with Gasteiger partial charge in [0.15, 0.2) is 18.2 Å². The van der Waals surface area contributed by atoms with Gasteiger partial charge in [-0.2, -0.15) is 4.98 Å². The zero-order valence-corrected chi connectivity index (χ0v) is 18.6. The van der Waals surface area contributed by atoms with Crippen molar-refractivity contribution < 1.29 is 22.3 Å². The smallest absolute Gasteiger partial charge is 0.265 e. The largest absolute Gasteiger partial charge is 0.482 e. The second-order valence-corrected chi connectivity index (χ2v) is 8.80. The number of carbonyl (C=O) groups excluding carboxylic acids is 1. The van der Waals surface area contributed by atoms with Gasteiger partial charge in [0.2, 0.25) is 16.0 Å². The van der Waals surface area contributed by atoms with Gasteiger partial charge in [-0.05, 0) is 49.7 Å². The fraction of sp³-hybridized carbons (Fsp3) is 0.190. The normalized spacial score (nSPS) is 13.3. The quantitative estimate of drug-likeness (QED) is 0.498. The van der Waals surface area contributed by atoms with E-state index in [2.05, 4.69) is 20.6 Å². The molecule has 0 fully saturated rings. The molecule has 3 aromatic rings. The second-order valence-electron chi connectivity index (χ2n) is 7.27. The maximum atomic E-state index is 14.4. The first kappa shape index (κ1) is 22.4. The molecule has 1 aliphatic rings. The van der Waals surface area contributed by atoms with E-state index < -0.39 is 15.8 Å². The lowest BCUT2D eigenvalue weighted by atomic mass is 10.2. The molecule has 1 aromatic heterocycles. The standard InChI is InChI=1S/C21H21FN6O4S/c1-3-28-16-8-13(6-7-17(16)32-11-19(28)29)25-20-15(22)10-24-21(27-20)26-14-5-4-12(2)18(9-14)33(23,30)31/h4-10H,3,11H2,1-2H3,(H2,23,30,31)(H2,24,25,26,27). The minimum absolute atomic E-state index is 0.0324. The van der Waals surface area contributed by atoms with Crippen molar-refractivity contribution in [3.05, 3.63) is 54.0 Å². The molecule has 172 valence electrons. The molecule has 0 aliphatic carbocycles. The number of hydrogen-bond donors (Lipinski definition) is 3. The predicted molar refractivity (Wildman–Crippen MR) is 121 cm³/mol. The molecule has 0 bridgehead atoms. The van der Waals surface area contributed by atoms with Crippen molar-refractivity contribution in [2.45, 2.75) is 18.7 Å². The molecule has 0 unspecified atom stereocenters. The molecule has 0 spiro atoms. The number of ether oxygens (including phenoxy) is 1. The van der Waals surface area contributed by atoms with E-state index in [1.807, 2.05) is 6.92 Å². The Balaban J connectivity index is 1.60. The number of hydrogen-bond acceptors (Lipinski definition) is 8. The topological polar surface area (TPSA) is 140 Å². The fourth-order valence-corrected chi connectivity index (χ4v) is 4.20. The molecule has 0 saturated heterocycles. The summed E-state index contributed by atoms with van der Waals surface area (Å²) in [6.45, 7) is 3.90. The van der Waals surface area contributed by atoms with Gasteiger partial charge in [0.1, 0.15) is 5.75 Å². The first-order valence-electron chi connectivity index (χ1n) is 9.93. The molecular weight excluding hydrogens is 451 g/mol. The third-order valence-corrected chi connectivity index (χ3v) is 6.03. The Morgan fingerprint density at radius 2 is 1.91 bits per heavy atom. The molecule has 4 rings (SSSR count). The van der Waals surface area contributed by atoms with Gasteiger partial charge in [0, 0.05) is 17.9 Å². The Labute approximate surface area is 189 Å². The van der Waals surface area contributed by atoms with Gasteiger partial charge >= 0.3 is 0 Å². The van der Waals surface area contributed by atoms with Gasteiger partial charge in [-0.1, -0.05) is 6.07 Å². The van der Waals surface area contributed by atoms with E-state index in [4.69, 9.17) is 9.88 Å². The molecule has 12 heteroatoms. The summed E-state index contributed by atoms with van der Waals surface area (Å²) in [5.74, 6) is -0.393. The summed E-state index contributed by atoms with van der Waals surface area (Å²) in [4.78, 5) is 21.7. The van der Waals surface area contributed by atoms with Crippen LogP contribution >= 0.6 is 0 Å². The minimum Gasteiger partial charge on any atom is -0.482 e. The molecule has 2 aromatic carbocycles. The van der Waals surface area contributed by atoms with Gasteiger partial charge in [0.05, 0.1) is 16.8 Å². The van der Waals surface area contributed by atoms with Crippen LogP contribution in [0.2, 0.25) is 0 Å². The van der Waals surface area contributed by atoms with E-state index in [9.17, 15) is 17.6 Å². The number of rotatable bonds is 6. The average Bonchev–Trinajstić information content (AvgIpc) is 2.76. The number of carbonyl (C=O) groups is 1. The number of primary sulfonamides is 1. The molecule has 0 radical (unpaired) electrons. The van der Waals surface area contributed by atoms with Crippen molar-refractivity contribution in [3.8, 4) is 5.75 Å². The lowest BCUT2D eigenvalue weighted by molar-refractivity contribution is -0.121. The van der Waals surface area contributed by atoms with Crippen molar-refractivity contribution in [2.75, 3.05) is 28.7 Å². The summed E-state index contributed by atoms with van der Waals surface area (Å²) in [6, 6.07) is 9.60. The number of benzene rings is 2. The molecule has 4 N–H and O–H groups in total. The summed E-state index contributed by atoms with van der Waals surface area (Å²) < 4.78 is 43.4. The van der Waals surface area contributed by atoms with Gasteiger partial charge in [-0.15, -0.1) is 0 Å². The number of aromatic nitrogens is 2.